The molecule has 8 heavy (non-hydrogen) atoms. The normalized spacial score (nSPS) is 33.1. The van der Waals surface area contributed by atoms with E-state index in [4.69, 9.17) is 4.74 Å². The van der Waals surface area contributed by atoms with Crippen molar-refractivity contribution in [3.05, 3.63) is 12.7 Å². The maximum absolute atomic E-state index is 5.09. The highest BCUT2D eigenvalue weighted by molar-refractivity contribution is 4.86. The molecule has 2 atom stereocenters. The highest BCUT2D eigenvalue weighted by Crippen LogP contribution is 2.23. The van der Waals surface area contributed by atoms with E-state index >= 15 is 0 Å². The van der Waals surface area contributed by atoms with Crippen LogP contribution >= 0.6 is 0 Å². The zero-order valence-electron chi connectivity index (χ0n) is 5.05. The average molecular weight is 116 g/mol. The van der Waals surface area contributed by atoms with Crippen molar-refractivity contribution in [1.29, 1.82) is 0 Å². The first-order valence-corrected chi connectivity index (χ1v) is 2.61. The summed E-state index contributed by atoms with van der Waals surface area (Å²) in [6.45, 7) is 5.67. The smallest absolute Gasteiger partial charge is 0.0873 e. The average Bonchev–Trinajstić information content (AvgIpc) is 2.22. The second-order valence-electron chi connectivity index (χ2n) is 1.90. The predicted octanol–water partition coefficient (Wildman–Crippen LogP) is 0.525. The number of ether oxygens (including phenoxy) is 1. The Balaban J connectivity index is 0.000000490. The molecule has 2 unspecified atom stereocenters. The Kier molecular flexibility index (Phi) is 2.72. The molecule has 1 fully saturated rings. The minimum Gasteiger partial charge on any atom is -0.412 e. The topological polar surface area (TPSA) is 44.0 Å². The predicted molar refractivity (Wildman–Crippen MR) is 32.8 cm³/mol. The fourth-order valence-electron chi connectivity index (χ4n) is 0.642. The molecule has 0 aliphatic carbocycles. The van der Waals surface area contributed by atoms with Gasteiger partial charge in [-0.05, 0) is 13.3 Å². The third-order valence-electron chi connectivity index (χ3n) is 1.24. The van der Waals surface area contributed by atoms with Gasteiger partial charge >= 0.3 is 0 Å². The fraction of sp³-hybridized carbons (Fsp3) is 0.667. The van der Waals surface area contributed by atoms with Crippen molar-refractivity contribution in [3.63, 3.8) is 0 Å². The molecule has 2 nitrogen and oxygen atoms in total. The first kappa shape index (κ1) is 7.66. The van der Waals surface area contributed by atoms with Crippen LogP contribution in [0.3, 0.4) is 0 Å². The lowest BCUT2D eigenvalue weighted by atomic mass is 10.2. The molecular weight excluding hydrogens is 104 g/mol. The van der Waals surface area contributed by atoms with E-state index < -0.39 is 0 Å². The van der Waals surface area contributed by atoms with E-state index in [2.05, 4.69) is 13.5 Å². The SMILES string of the molecule is C=CCC1OC1C.O. The summed E-state index contributed by atoms with van der Waals surface area (Å²) in [5.74, 6) is 0. The van der Waals surface area contributed by atoms with Gasteiger partial charge in [-0.1, -0.05) is 6.08 Å². The minimum absolute atomic E-state index is 0. The van der Waals surface area contributed by atoms with Gasteiger partial charge in [-0.2, -0.15) is 0 Å². The van der Waals surface area contributed by atoms with Crippen LogP contribution in [0.4, 0.5) is 0 Å². The zero-order valence-corrected chi connectivity index (χ0v) is 5.05. The van der Waals surface area contributed by atoms with Crippen molar-refractivity contribution in [2.75, 3.05) is 0 Å². The van der Waals surface area contributed by atoms with E-state index in [0.29, 0.717) is 12.2 Å². The van der Waals surface area contributed by atoms with Crippen molar-refractivity contribution in [1.82, 2.24) is 0 Å². The van der Waals surface area contributed by atoms with Gasteiger partial charge in [-0.25, -0.2) is 0 Å². The fourth-order valence-corrected chi connectivity index (χ4v) is 0.642. The van der Waals surface area contributed by atoms with Crippen LogP contribution in [0.1, 0.15) is 13.3 Å². The summed E-state index contributed by atoms with van der Waals surface area (Å²) in [7, 11) is 0. The summed E-state index contributed by atoms with van der Waals surface area (Å²) in [6.07, 6.45) is 3.91. The van der Waals surface area contributed by atoms with Gasteiger partial charge in [0.25, 0.3) is 0 Å². The second kappa shape index (κ2) is 2.84. The summed E-state index contributed by atoms with van der Waals surface area (Å²) in [4.78, 5) is 0. The maximum Gasteiger partial charge on any atom is 0.0873 e. The second-order valence-corrected chi connectivity index (χ2v) is 1.90. The van der Waals surface area contributed by atoms with Gasteiger partial charge < -0.3 is 10.2 Å². The third kappa shape index (κ3) is 1.64. The maximum atomic E-state index is 5.09. The quantitative estimate of drug-likeness (QED) is 0.383. The largest absolute Gasteiger partial charge is 0.412 e. The van der Waals surface area contributed by atoms with E-state index in [1.807, 2.05) is 6.08 Å². The Morgan fingerprint density at radius 3 is 2.38 bits per heavy atom. The van der Waals surface area contributed by atoms with Crippen molar-refractivity contribution in [2.24, 2.45) is 0 Å². The van der Waals surface area contributed by atoms with Gasteiger partial charge in [-0.3, -0.25) is 0 Å². The van der Waals surface area contributed by atoms with Crippen molar-refractivity contribution >= 4 is 0 Å². The number of epoxide rings is 1. The molecule has 2 heteroatoms. The molecule has 1 aliphatic rings. The molecule has 0 saturated carbocycles. The molecule has 0 bridgehead atoms. The Morgan fingerprint density at radius 2 is 2.25 bits per heavy atom. The lowest BCUT2D eigenvalue weighted by Gasteiger charge is -1.76. The van der Waals surface area contributed by atoms with Gasteiger partial charge in [0.15, 0.2) is 0 Å². The van der Waals surface area contributed by atoms with Crippen molar-refractivity contribution in [2.45, 2.75) is 25.6 Å². The van der Waals surface area contributed by atoms with Crippen LogP contribution in [0.15, 0.2) is 12.7 Å². The van der Waals surface area contributed by atoms with Crippen LogP contribution in [0.25, 0.3) is 0 Å². The summed E-state index contributed by atoms with van der Waals surface area (Å²) in [5.41, 5.74) is 0. The minimum atomic E-state index is 0. The van der Waals surface area contributed by atoms with Crippen LogP contribution < -0.4 is 0 Å². The molecular formula is C6H12O2. The lowest BCUT2D eigenvalue weighted by Crippen LogP contribution is -1.83. The number of hydrogen-bond donors (Lipinski definition) is 0. The lowest BCUT2D eigenvalue weighted by molar-refractivity contribution is 0.380. The molecule has 0 amide bonds. The molecule has 0 aromatic heterocycles. The van der Waals surface area contributed by atoms with E-state index in [1.54, 1.807) is 0 Å². The summed E-state index contributed by atoms with van der Waals surface area (Å²) in [5, 5.41) is 0. The third-order valence-corrected chi connectivity index (χ3v) is 1.24. The summed E-state index contributed by atoms with van der Waals surface area (Å²) in [6, 6.07) is 0. The first-order chi connectivity index (χ1) is 3.34. The zero-order chi connectivity index (χ0) is 5.28. The van der Waals surface area contributed by atoms with Crippen LogP contribution in [0.5, 0.6) is 0 Å². The molecule has 1 rings (SSSR count). The Morgan fingerprint density at radius 1 is 1.75 bits per heavy atom. The Bertz CT molecular complexity index is 80.6. The number of hydrogen-bond acceptors (Lipinski definition) is 1. The van der Waals surface area contributed by atoms with Gasteiger partial charge in [-0.15, -0.1) is 6.58 Å². The summed E-state index contributed by atoms with van der Waals surface area (Å²) < 4.78 is 5.09. The molecule has 0 aromatic rings. The van der Waals surface area contributed by atoms with Crippen LogP contribution in [0, 0.1) is 0 Å². The molecule has 1 aliphatic heterocycles. The summed E-state index contributed by atoms with van der Waals surface area (Å²) >= 11 is 0. The van der Waals surface area contributed by atoms with Gasteiger partial charge in [0.05, 0.1) is 12.2 Å². The van der Waals surface area contributed by atoms with E-state index in [-0.39, 0.29) is 5.48 Å². The van der Waals surface area contributed by atoms with Crippen LogP contribution in [-0.2, 0) is 4.74 Å². The monoisotopic (exact) mass is 116 g/mol. The number of rotatable bonds is 2. The molecule has 0 aromatic carbocycles. The van der Waals surface area contributed by atoms with Crippen molar-refractivity contribution in [3.8, 4) is 0 Å². The first-order valence-electron chi connectivity index (χ1n) is 2.61. The molecule has 0 spiro atoms. The van der Waals surface area contributed by atoms with Crippen LogP contribution in [-0.4, -0.2) is 17.7 Å². The van der Waals surface area contributed by atoms with Gasteiger partial charge in [0, 0.05) is 0 Å². The van der Waals surface area contributed by atoms with E-state index in [9.17, 15) is 0 Å². The van der Waals surface area contributed by atoms with Gasteiger partial charge in [0.2, 0.25) is 0 Å². The molecule has 1 heterocycles. The Labute approximate surface area is 49.5 Å². The molecule has 2 N–H and O–H groups in total. The molecule has 1 saturated heterocycles. The van der Waals surface area contributed by atoms with E-state index in [0.717, 1.165) is 6.42 Å². The van der Waals surface area contributed by atoms with E-state index in [1.165, 1.54) is 0 Å². The standard InChI is InChI=1S/C6H10O.H2O/c1-3-4-6-5(2)7-6;/h3,5-6H,1,4H2,2H3;1H2. The molecule has 0 radical (unpaired) electrons. The van der Waals surface area contributed by atoms with Crippen LogP contribution in [0.2, 0.25) is 0 Å². The highest BCUT2D eigenvalue weighted by atomic mass is 16.6. The Hall–Kier alpha value is -0.340. The molecule has 48 valence electrons. The van der Waals surface area contributed by atoms with Crippen molar-refractivity contribution < 1.29 is 10.2 Å². The highest BCUT2D eigenvalue weighted by Gasteiger charge is 2.31. The van der Waals surface area contributed by atoms with Gasteiger partial charge in [0.1, 0.15) is 0 Å².